The zero-order valence-electron chi connectivity index (χ0n) is 14.8. The fourth-order valence-corrected chi connectivity index (χ4v) is 4.54. The summed E-state index contributed by atoms with van der Waals surface area (Å²) in [5.74, 6) is 1.53. The van der Waals surface area contributed by atoms with Gasteiger partial charge in [-0.2, -0.15) is 0 Å². The SMILES string of the molecule is COc1ccc2c(c1)S(=O)CCC(CN(C)C)=C2c1cccc(O)c1. The normalized spacial score (nSPS) is 17.4. The Morgan fingerprint density at radius 3 is 2.68 bits per heavy atom. The molecule has 0 bridgehead atoms. The number of ether oxygens (including phenoxy) is 1. The third kappa shape index (κ3) is 3.78. The van der Waals surface area contributed by atoms with Gasteiger partial charge in [-0.1, -0.05) is 12.1 Å². The van der Waals surface area contributed by atoms with Gasteiger partial charge in [-0.15, -0.1) is 0 Å². The number of fused-ring (bicyclic) bond motifs is 1. The Morgan fingerprint density at radius 2 is 2.00 bits per heavy atom. The predicted octanol–water partition coefficient (Wildman–Crippen LogP) is 3.28. The van der Waals surface area contributed by atoms with Crippen LogP contribution in [-0.4, -0.2) is 47.7 Å². The summed E-state index contributed by atoms with van der Waals surface area (Å²) in [5.41, 5.74) is 4.20. The summed E-state index contributed by atoms with van der Waals surface area (Å²) >= 11 is 0. The first-order chi connectivity index (χ1) is 12.0. The van der Waals surface area contributed by atoms with Crippen molar-refractivity contribution in [1.82, 2.24) is 4.90 Å². The zero-order chi connectivity index (χ0) is 18.0. The molecule has 132 valence electrons. The highest BCUT2D eigenvalue weighted by atomic mass is 32.2. The second-order valence-corrected chi connectivity index (χ2v) is 7.97. The largest absolute Gasteiger partial charge is 0.508 e. The van der Waals surface area contributed by atoms with Crippen molar-refractivity contribution >= 4 is 16.4 Å². The zero-order valence-corrected chi connectivity index (χ0v) is 15.6. The fraction of sp³-hybridized carbons (Fsp3) is 0.300. The molecule has 0 radical (unpaired) electrons. The first-order valence-corrected chi connectivity index (χ1v) is 9.54. The quantitative estimate of drug-likeness (QED) is 0.912. The van der Waals surface area contributed by atoms with Crippen molar-refractivity contribution in [3.05, 3.63) is 59.2 Å². The van der Waals surface area contributed by atoms with Crippen LogP contribution < -0.4 is 4.74 Å². The highest BCUT2D eigenvalue weighted by Crippen LogP contribution is 2.38. The summed E-state index contributed by atoms with van der Waals surface area (Å²) in [5, 5.41) is 9.95. The molecule has 4 nitrogen and oxygen atoms in total. The lowest BCUT2D eigenvalue weighted by molar-refractivity contribution is 0.413. The molecule has 1 unspecified atom stereocenters. The van der Waals surface area contributed by atoms with E-state index in [4.69, 9.17) is 4.74 Å². The van der Waals surface area contributed by atoms with Crippen LogP contribution in [0, 0.1) is 0 Å². The standard InChI is InChI=1S/C20H23NO3S/c1-21(2)13-15-9-10-25(23)19-12-17(24-3)7-8-18(19)20(15)14-5-4-6-16(22)11-14/h4-8,11-12,22H,9-10,13H2,1-3H3. The van der Waals surface area contributed by atoms with Crippen molar-refractivity contribution < 1.29 is 14.1 Å². The molecule has 0 aromatic heterocycles. The summed E-state index contributed by atoms with van der Waals surface area (Å²) in [4.78, 5) is 2.92. The second-order valence-electron chi connectivity index (χ2n) is 6.43. The number of rotatable bonds is 4. The van der Waals surface area contributed by atoms with E-state index < -0.39 is 10.8 Å². The predicted molar refractivity (Wildman–Crippen MR) is 102 cm³/mol. The number of likely N-dealkylation sites (N-methyl/N-ethyl adjacent to an activating group) is 1. The molecule has 5 heteroatoms. The van der Waals surface area contributed by atoms with Gasteiger partial charge in [0.05, 0.1) is 22.8 Å². The summed E-state index contributed by atoms with van der Waals surface area (Å²) in [6.45, 7) is 0.785. The van der Waals surface area contributed by atoms with Crippen molar-refractivity contribution in [3.8, 4) is 11.5 Å². The van der Waals surface area contributed by atoms with Gasteiger partial charge in [0.1, 0.15) is 11.5 Å². The fourth-order valence-electron chi connectivity index (χ4n) is 3.23. The van der Waals surface area contributed by atoms with Crippen molar-refractivity contribution in [1.29, 1.82) is 0 Å². The van der Waals surface area contributed by atoms with Crippen LogP contribution in [0.25, 0.3) is 5.57 Å². The molecule has 0 saturated heterocycles. The Balaban J connectivity index is 2.27. The Morgan fingerprint density at radius 1 is 1.20 bits per heavy atom. The molecule has 3 rings (SSSR count). The topological polar surface area (TPSA) is 49.8 Å². The molecule has 1 atom stereocenters. The third-order valence-corrected chi connectivity index (χ3v) is 5.69. The Bertz CT molecular complexity index is 843. The molecule has 1 heterocycles. The van der Waals surface area contributed by atoms with Gasteiger partial charge in [-0.05, 0) is 73.1 Å². The maximum Gasteiger partial charge on any atom is 0.120 e. The lowest BCUT2D eigenvalue weighted by Gasteiger charge is -2.19. The van der Waals surface area contributed by atoms with Gasteiger partial charge in [0.2, 0.25) is 0 Å². The van der Waals surface area contributed by atoms with Crippen LogP contribution >= 0.6 is 0 Å². The minimum Gasteiger partial charge on any atom is -0.508 e. The Hall–Kier alpha value is -2.11. The van der Waals surface area contributed by atoms with E-state index in [0.717, 1.165) is 34.6 Å². The maximum absolute atomic E-state index is 12.8. The van der Waals surface area contributed by atoms with Crippen LogP contribution in [0.2, 0.25) is 0 Å². The average molecular weight is 357 g/mol. The van der Waals surface area contributed by atoms with Gasteiger partial charge in [0.15, 0.2) is 0 Å². The van der Waals surface area contributed by atoms with E-state index in [1.807, 2.05) is 44.4 Å². The van der Waals surface area contributed by atoms with Gasteiger partial charge in [0.25, 0.3) is 0 Å². The van der Waals surface area contributed by atoms with Crippen molar-refractivity contribution in [2.75, 3.05) is 33.5 Å². The van der Waals surface area contributed by atoms with Crippen LogP contribution in [0.1, 0.15) is 17.5 Å². The van der Waals surface area contributed by atoms with E-state index in [9.17, 15) is 9.32 Å². The Labute approximate surface area is 151 Å². The molecule has 25 heavy (non-hydrogen) atoms. The van der Waals surface area contributed by atoms with Crippen molar-refractivity contribution in [2.45, 2.75) is 11.3 Å². The molecule has 0 amide bonds. The van der Waals surface area contributed by atoms with Crippen molar-refractivity contribution in [2.24, 2.45) is 0 Å². The first kappa shape index (κ1) is 17.7. The summed E-state index contributed by atoms with van der Waals surface area (Å²) in [6, 6.07) is 13.0. The van der Waals surface area contributed by atoms with E-state index >= 15 is 0 Å². The number of hydrogen-bond donors (Lipinski definition) is 1. The number of aromatic hydroxyl groups is 1. The number of methoxy groups -OCH3 is 1. The molecule has 2 aromatic carbocycles. The molecule has 2 aromatic rings. The van der Waals surface area contributed by atoms with E-state index in [1.54, 1.807) is 19.2 Å². The molecule has 1 N–H and O–H groups in total. The minimum atomic E-state index is -1.08. The summed E-state index contributed by atoms with van der Waals surface area (Å²) in [6.07, 6.45) is 0.757. The van der Waals surface area contributed by atoms with Gasteiger partial charge in [0, 0.05) is 12.3 Å². The summed E-state index contributed by atoms with van der Waals surface area (Å²) in [7, 11) is 4.60. The highest BCUT2D eigenvalue weighted by molar-refractivity contribution is 7.85. The van der Waals surface area contributed by atoms with Crippen LogP contribution in [0.4, 0.5) is 0 Å². The number of hydrogen-bond acceptors (Lipinski definition) is 4. The lowest BCUT2D eigenvalue weighted by atomic mass is 9.91. The molecule has 0 spiro atoms. The van der Waals surface area contributed by atoms with Gasteiger partial charge in [-0.3, -0.25) is 4.21 Å². The van der Waals surface area contributed by atoms with Crippen molar-refractivity contribution in [3.63, 3.8) is 0 Å². The molecular formula is C20H23NO3S. The van der Waals surface area contributed by atoms with Gasteiger partial charge < -0.3 is 14.7 Å². The van der Waals surface area contributed by atoms with E-state index in [2.05, 4.69) is 4.90 Å². The molecule has 0 saturated carbocycles. The molecular weight excluding hydrogens is 334 g/mol. The van der Waals surface area contributed by atoms with Crippen LogP contribution in [-0.2, 0) is 10.8 Å². The first-order valence-electron chi connectivity index (χ1n) is 8.22. The number of nitrogens with zero attached hydrogens (tertiary/aromatic N) is 1. The third-order valence-electron chi connectivity index (χ3n) is 4.29. The van der Waals surface area contributed by atoms with Gasteiger partial charge >= 0.3 is 0 Å². The van der Waals surface area contributed by atoms with Gasteiger partial charge in [-0.25, -0.2) is 0 Å². The number of phenols is 1. The smallest absolute Gasteiger partial charge is 0.120 e. The summed E-state index contributed by atoms with van der Waals surface area (Å²) < 4.78 is 18.1. The minimum absolute atomic E-state index is 0.231. The molecule has 0 fully saturated rings. The van der Waals surface area contributed by atoms with E-state index in [1.165, 1.54) is 5.57 Å². The van der Waals surface area contributed by atoms with Crippen LogP contribution in [0.5, 0.6) is 11.5 Å². The van der Waals surface area contributed by atoms with Crippen LogP contribution in [0.3, 0.4) is 0 Å². The maximum atomic E-state index is 12.8. The second kappa shape index (κ2) is 7.42. The average Bonchev–Trinajstić information content (AvgIpc) is 2.71. The molecule has 1 aliphatic rings. The molecule has 1 aliphatic heterocycles. The van der Waals surface area contributed by atoms with E-state index in [-0.39, 0.29) is 5.75 Å². The highest BCUT2D eigenvalue weighted by Gasteiger charge is 2.23. The molecule has 0 aliphatic carbocycles. The monoisotopic (exact) mass is 357 g/mol. The van der Waals surface area contributed by atoms with E-state index in [0.29, 0.717) is 11.5 Å². The number of phenolic OH excluding ortho intramolecular Hbond substituents is 1. The number of benzene rings is 2. The Kier molecular flexibility index (Phi) is 5.25. The lowest BCUT2D eigenvalue weighted by Crippen LogP contribution is -2.17. The van der Waals surface area contributed by atoms with Crippen LogP contribution in [0.15, 0.2) is 52.9 Å².